The Morgan fingerprint density at radius 3 is 2.42 bits per heavy atom. The lowest BCUT2D eigenvalue weighted by molar-refractivity contribution is -0.112. The Morgan fingerprint density at radius 1 is 1.11 bits per heavy atom. The monoisotopic (exact) mass is 528 g/mol. The van der Waals surface area contributed by atoms with E-state index in [1.165, 1.54) is 51.5 Å². The molecule has 11 nitrogen and oxygen atoms in total. The van der Waals surface area contributed by atoms with E-state index in [0.29, 0.717) is 28.6 Å². The molecule has 0 aliphatic rings. The summed E-state index contributed by atoms with van der Waals surface area (Å²) in [5.74, 6) is -0.476. The van der Waals surface area contributed by atoms with Gasteiger partial charge in [0.1, 0.15) is 17.4 Å². The van der Waals surface area contributed by atoms with Gasteiger partial charge in [0.05, 0.1) is 25.5 Å². The molecule has 0 atom stereocenters. The first-order chi connectivity index (χ1) is 17.2. The van der Waals surface area contributed by atoms with Gasteiger partial charge in [0, 0.05) is 11.5 Å². The van der Waals surface area contributed by atoms with Crippen LogP contribution in [0, 0.1) is 11.3 Å². The van der Waals surface area contributed by atoms with Crippen molar-refractivity contribution in [3.05, 3.63) is 59.2 Å². The first-order valence-electron chi connectivity index (χ1n) is 10.2. The van der Waals surface area contributed by atoms with Crippen molar-refractivity contribution < 1.29 is 32.2 Å². The largest absolute Gasteiger partial charge is 0.493 e. The fourth-order valence-electron chi connectivity index (χ4n) is 2.76. The lowest BCUT2D eigenvalue weighted by Crippen LogP contribution is -2.13. The van der Waals surface area contributed by atoms with Crippen LogP contribution < -0.4 is 19.5 Å². The van der Waals surface area contributed by atoms with E-state index in [2.05, 4.69) is 14.7 Å². The van der Waals surface area contributed by atoms with Crippen molar-refractivity contribution in [1.29, 1.82) is 5.26 Å². The Bertz CT molecular complexity index is 1460. The lowest BCUT2D eigenvalue weighted by Gasteiger charge is -2.09. The molecule has 1 N–H and O–H groups in total. The van der Waals surface area contributed by atoms with E-state index in [0.717, 1.165) is 0 Å². The zero-order valence-electron chi connectivity index (χ0n) is 19.3. The summed E-state index contributed by atoms with van der Waals surface area (Å²) in [7, 11) is -0.675. The van der Waals surface area contributed by atoms with E-state index in [1.54, 1.807) is 24.3 Å². The molecular formula is C23H20N4O7S2. The third kappa shape index (κ3) is 6.23. The van der Waals surface area contributed by atoms with Crippen LogP contribution in [0.25, 0.3) is 6.08 Å². The van der Waals surface area contributed by atoms with Gasteiger partial charge in [0.15, 0.2) is 11.5 Å². The van der Waals surface area contributed by atoms with Crippen LogP contribution in [0.15, 0.2) is 53.2 Å². The van der Waals surface area contributed by atoms with Gasteiger partial charge < -0.3 is 14.2 Å². The molecular weight excluding hydrogens is 508 g/mol. The first-order valence-corrected chi connectivity index (χ1v) is 12.7. The first kappa shape index (κ1) is 26.3. The highest BCUT2D eigenvalue weighted by Crippen LogP contribution is 2.28. The molecule has 2 aromatic carbocycles. The highest BCUT2D eigenvalue weighted by atomic mass is 32.2. The van der Waals surface area contributed by atoms with Crippen molar-refractivity contribution in [2.45, 2.75) is 12.1 Å². The Labute approximate surface area is 211 Å². The van der Waals surface area contributed by atoms with Crippen LogP contribution in [0.4, 0.5) is 5.13 Å². The molecule has 0 aliphatic heterocycles. The van der Waals surface area contributed by atoms with Crippen molar-refractivity contribution in [2.24, 2.45) is 0 Å². The molecule has 0 saturated heterocycles. The van der Waals surface area contributed by atoms with Crippen molar-refractivity contribution in [3.63, 3.8) is 0 Å². The Balaban J connectivity index is 1.69. The van der Waals surface area contributed by atoms with E-state index < -0.39 is 21.7 Å². The molecule has 36 heavy (non-hydrogen) atoms. The van der Waals surface area contributed by atoms with Gasteiger partial charge in [-0.3, -0.25) is 10.1 Å². The summed E-state index contributed by atoms with van der Waals surface area (Å²) >= 11 is 0.692. The van der Waals surface area contributed by atoms with Gasteiger partial charge >= 0.3 is 5.97 Å². The van der Waals surface area contributed by atoms with E-state index in [1.807, 2.05) is 0 Å². The highest BCUT2D eigenvalue weighted by molar-refractivity contribution is 7.91. The van der Waals surface area contributed by atoms with Crippen LogP contribution in [0.3, 0.4) is 0 Å². The number of anilines is 1. The third-order valence-corrected chi connectivity index (χ3v) is 6.92. The average molecular weight is 529 g/mol. The standard InChI is InChI=1S/C23H20N4O7S2/c1-4-36(30,31)23-26-22(35-27-23)25-20(28)16(13-24)11-14-5-8-17(9-6-14)34-21(29)15-7-10-18(32-2)19(12-15)33-3/h5-12H,4H2,1-3H3,(H,25,26,27,28)/b16-11-. The highest BCUT2D eigenvalue weighted by Gasteiger charge is 2.20. The lowest BCUT2D eigenvalue weighted by atomic mass is 10.1. The summed E-state index contributed by atoms with van der Waals surface area (Å²) in [6.45, 7) is 1.45. The van der Waals surface area contributed by atoms with Crippen molar-refractivity contribution in [1.82, 2.24) is 9.36 Å². The average Bonchev–Trinajstić information content (AvgIpc) is 3.37. The molecule has 1 aromatic heterocycles. The minimum atomic E-state index is -3.62. The molecule has 3 rings (SSSR count). The normalized spacial score (nSPS) is 11.3. The second-order valence-corrected chi connectivity index (χ2v) is 9.86. The fraction of sp³-hybridized carbons (Fsp3) is 0.174. The molecule has 0 aliphatic carbocycles. The molecule has 0 fully saturated rings. The van der Waals surface area contributed by atoms with Crippen LogP contribution in [0.2, 0.25) is 0 Å². The third-order valence-electron chi connectivity index (χ3n) is 4.67. The predicted molar refractivity (Wildman–Crippen MR) is 131 cm³/mol. The Kier molecular flexibility index (Phi) is 8.36. The van der Waals surface area contributed by atoms with Crippen LogP contribution in [-0.2, 0) is 14.6 Å². The number of ether oxygens (including phenoxy) is 3. The number of nitrogens with zero attached hydrogens (tertiary/aromatic N) is 3. The molecule has 3 aromatic rings. The number of amides is 1. The number of nitriles is 1. The number of sulfone groups is 1. The van der Waals surface area contributed by atoms with E-state index in [4.69, 9.17) is 14.2 Å². The zero-order chi connectivity index (χ0) is 26.3. The second-order valence-electron chi connectivity index (χ2n) is 6.94. The number of aromatic nitrogens is 2. The minimum Gasteiger partial charge on any atom is -0.493 e. The molecule has 0 spiro atoms. The van der Waals surface area contributed by atoms with E-state index >= 15 is 0 Å². The fourth-order valence-corrected chi connectivity index (χ4v) is 4.34. The van der Waals surface area contributed by atoms with E-state index in [-0.39, 0.29) is 32.9 Å². The van der Waals surface area contributed by atoms with Gasteiger partial charge in [-0.15, -0.1) is 0 Å². The molecule has 0 unspecified atom stereocenters. The minimum absolute atomic E-state index is 0.0504. The number of carbonyl (C=O) groups is 2. The molecule has 0 radical (unpaired) electrons. The maximum Gasteiger partial charge on any atom is 0.343 e. The Hall–Kier alpha value is -4.28. The van der Waals surface area contributed by atoms with Gasteiger partial charge in [-0.25, -0.2) is 13.2 Å². The Morgan fingerprint density at radius 2 is 1.81 bits per heavy atom. The van der Waals surface area contributed by atoms with E-state index in [9.17, 15) is 23.3 Å². The van der Waals surface area contributed by atoms with Gasteiger partial charge in [0.2, 0.25) is 15.0 Å². The van der Waals surface area contributed by atoms with Gasteiger partial charge in [-0.05, 0) is 42.0 Å². The van der Waals surface area contributed by atoms with Crippen LogP contribution >= 0.6 is 11.5 Å². The van der Waals surface area contributed by atoms with Crippen LogP contribution in [0.5, 0.6) is 17.2 Å². The molecule has 1 amide bonds. The maximum absolute atomic E-state index is 12.5. The number of carbonyl (C=O) groups excluding carboxylic acids is 2. The van der Waals surface area contributed by atoms with Gasteiger partial charge in [0.25, 0.3) is 11.1 Å². The molecule has 0 bridgehead atoms. The number of rotatable bonds is 9. The zero-order valence-corrected chi connectivity index (χ0v) is 21.0. The maximum atomic E-state index is 12.5. The summed E-state index contributed by atoms with van der Waals surface area (Å²) in [5, 5.41) is 11.3. The summed E-state index contributed by atoms with van der Waals surface area (Å²) < 4.78 is 43.1. The summed E-state index contributed by atoms with van der Waals surface area (Å²) in [4.78, 5) is 28.7. The van der Waals surface area contributed by atoms with Gasteiger partial charge in [-0.1, -0.05) is 19.1 Å². The predicted octanol–water partition coefficient (Wildman–Crippen LogP) is 3.11. The second kappa shape index (κ2) is 11.4. The van der Waals surface area contributed by atoms with Crippen LogP contribution in [-0.4, -0.2) is 49.6 Å². The number of methoxy groups -OCH3 is 2. The molecule has 0 saturated carbocycles. The van der Waals surface area contributed by atoms with Crippen molar-refractivity contribution in [3.8, 4) is 23.3 Å². The number of nitrogens with one attached hydrogen (secondary N) is 1. The molecule has 13 heteroatoms. The van der Waals surface area contributed by atoms with Crippen LogP contribution in [0.1, 0.15) is 22.8 Å². The number of esters is 1. The molecule has 1 heterocycles. The number of hydrogen-bond donors (Lipinski definition) is 1. The van der Waals surface area contributed by atoms with Crippen molar-refractivity contribution >= 4 is 44.5 Å². The van der Waals surface area contributed by atoms with Crippen molar-refractivity contribution in [2.75, 3.05) is 25.3 Å². The smallest absolute Gasteiger partial charge is 0.343 e. The topological polar surface area (TPSA) is 158 Å². The summed E-state index contributed by atoms with van der Waals surface area (Å²) in [6.07, 6.45) is 1.32. The number of benzene rings is 2. The molecule has 186 valence electrons. The number of hydrogen-bond acceptors (Lipinski definition) is 11. The summed E-state index contributed by atoms with van der Waals surface area (Å²) in [6, 6.07) is 12.5. The quantitative estimate of drug-likeness (QED) is 0.189. The SMILES string of the molecule is CCS(=O)(=O)c1nsc(NC(=O)/C(C#N)=C\c2ccc(OC(=O)c3ccc(OC)c(OC)c3)cc2)n1. The van der Waals surface area contributed by atoms with Gasteiger partial charge in [-0.2, -0.15) is 14.6 Å². The summed E-state index contributed by atoms with van der Waals surface area (Å²) in [5.41, 5.74) is 0.492.